The number of hydrogen-bond acceptors (Lipinski definition) is 4. The Hall–Kier alpha value is -2.13. The number of sulfone groups is 1. The lowest BCUT2D eigenvalue weighted by molar-refractivity contribution is 0.602. The van der Waals surface area contributed by atoms with Crippen molar-refractivity contribution in [2.75, 3.05) is 6.26 Å². The maximum Gasteiger partial charge on any atom is 0.175 e. The molecule has 18 heavy (non-hydrogen) atoms. The average Bonchev–Trinajstić information content (AvgIpc) is 2.70. The zero-order chi connectivity index (χ0) is 13.3. The smallest absolute Gasteiger partial charge is 0.175 e. The lowest BCUT2D eigenvalue weighted by Crippen LogP contribution is -1.97. The largest absolute Gasteiger partial charge is 0.267 e. The van der Waals surface area contributed by atoms with E-state index in [0.29, 0.717) is 5.69 Å². The molecular weight excluding hydrogens is 250 g/mol. The molecule has 0 unspecified atom stereocenters. The predicted octanol–water partition coefficient (Wildman–Crippen LogP) is 1.36. The van der Waals surface area contributed by atoms with Crippen molar-refractivity contribution in [3.8, 4) is 17.3 Å². The number of aryl methyl sites for hydroxylation is 1. The van der Waals surface area contributed by atoms with Gasteiger partial charge < -0.3 is 0 Å². The lowest BCUT2D eigenvalue weighted by Gasteiger charge is -2.03. The first-order chi connectivity index (χ1) is 8.41. The summed E-state index contributed by atoms with van der Waals surface area (Å²) in [6.07, 6.45) is 1.17. The second-order valence-electron chi connectivity index (χ2n) is 3.95. The first-order valence-corrected chi connectivity index (χ1v) is 7.05. The number of rotatable bonds is 2. The minimum absolute atomic E-state index is 0.272. The van der Waals surface area contributed by atoms with Crippen molar-refractivity contribution < 1.29 is 8.42 Å². The van der Waals surface area contributed by atoms with Crippen molar-refractivity contribution in [2.45, 2.75) is 4.90 Å². The molecule has 0 saturated carbocycles. The van der Waals surface area contributed by atoms with Crippen LogP contribution in [0.15, 0.2) is 35.2 Å². The van der Waals surface area contributed by atoms with Crippen LogP contribution in [-0.4, -0.2) is 24.5 Å². The van der Waals surface area contributed by atoms with Crippen molar-refractivity contribution in [1.82, 2.24) is 9.78 Å². The van der Waals surface area contributed by atoms with Crippen LogP contribution < -0.4 is 0 Å². The summed E-state index contributed by atoms with van der Waals surface area (Å²) in [5.41, 5.74) is 1.92. The molecule has 0 spiro atoms. The van der Waals surface area contributed by atoms with Gasteiger partial charge in [0.15, 0.2) is 15.5 Å². The highest BCUT2D eigenvalue weighted by Gasteiger charge is 2.10. The van der Waals surface area contributed by atoms with Crippen molar-refractivity contribution in [1.29, 1.82) is 5.26 Å². The summed E-state index contributed by atoms with van der Waals surface area (Å²) in [6, 6.07) is 10.1. The van der Waals surface area contributed by atoms with E-state index < -0.39 is 9.84 Å². The van der Waals surface area contributed by atoms with Gasteiger partial charge in [-0.25, -0.2) is 8.42 Å². The first kappa shape index (κ1) is 12.3. The van der Waals surface area contributed by atoms with E-state index in [9.17, 15) is 8.42 Å². The Morgan fingerprint density at radius 2 is 1.89 bits per heavy atom. The summed E-state index contributed by atoms with van der Waals surface area (Å²) in [5.74, 6) is 0. The summed E-state index contributed by atoms with van der Waals surface area (Å²) in [7, 11) is -1.45. The molecule has 6 heteroatoms. The number of aromatic nitrogens is 2. The molecule has 2 aromatic rings. The van der Waals surface area contributed by atoms with E-state index >= 15 is 0 Å². The molecule has 0 N–H and O–H groups in total. The molecule has 1 heterocycles. The second kappa shape index (κ2) is 4.27. The molecule has 0 fully saturated rings. The third-order valence-electron chi connectivity index (χ3n) is 2.57. The number of nitrogens with zero attached hydrogens (tertiary/aromatic N) is 3. The van der Waals surface area contributed by atoms with Crippen LogP contribution in [0.2, 0.25) is 0 Å². The fourth-order valence-corrected chi connectivity index (χ4v) is 2.30. The van der Waals surface area contributed by atoms with Gasteiger partial charge in [-0.15, -0.1) is 0 Å². The minimum atomic E-state index is -3.19. The zero-order valence-electron chi connectivity index (χ0n) is 9.95. The van der Waals surface area contributed by atoms with Gasteiger partial charge in [0, 0.05) is 19.4 Å². The summed E-state index contributed by atoms with van der Waals surface area (Å²) >= 11 is 0. The Labute approximate surface area is 105 Å². The molecule has 1 aromatic heterocycles. The predicted molar refractivity (Wildman–Crippen MR) is 66.5 cm³/mol. The lowest BCUT2D eigenvalue weighted by atomic mass is 10.1. The topological polar surface area (TPSA) is 75.8 Å². The summed E-state index contributed by atoms with van der Waals surface area (Å²) in [6.45, 7) is 0. The monoisotopic (exact) mass is 261 g/mol. The summed E-state index contributed by atoms with van der Waals surface area (Å²) in [5, 5.41) is 12.8. The Bertz CT molecular complexity index is 722. The highest BCUT2D eigenvalue weighted by atomic mass is 32.2. The van der Waals surface area contributed by atoms with Crippen LogP contribution in [0.3, 0.4) is 0 Å². The van der Waals surface area contributed by atoms with Crippen LogP contribution in [0, 0.1) is 11.3 Å². The zero-order valence-corrected chi connectivity index (χ0v) is 10.8. The highest BCUT2D eigenvalue weighted by Crippen LogP contribution is 2.21. The normalized spacial score (nSPS) is 11.2. The van der Waals surface area contributed by atoms with Crippen LogP contribution in [-0.2, 0) is 16.9 Å². The maximum absolute atomic E-state index is 11.3. The molecule has 5 nitrogen and oxygen atoms in total. The van der Waals surface area contributed by atoms with Gasteiger partial charge in [-0.2, -0.15) is 10.4 Å². The van der Waals surface area contributed by atoms with E-state index in [1.54, 1.807) is 42.1 Å². The van der Waals surface area contributed by atoms with Gasteiger partial charge >= 0.3 is 0 Å². The molecule has 0 saturated heterocycles. The number of hydrogen-bond donors (Lipinski definition) is 0. The molecule has 0 amide bonds. The van der Waals surface area contributed by atoms with Crippen molar-refractivity contribution in [3.63, 3.8) is 0 Å². The van der Waals surface area contributed by atoms with Crippen molar-refractivity contribution >= 4 is 9.84 Å². The van der Waals surface area contributed by atoms with Crippen LogP contribution in [0.25, 0.3) is 11.3 Å². The molecule has 1 aromatic carbocycles. The van der Waals surface area contributed by atoms with E-state index in [1.807, 2.05) is 6.07 Å². The molecule has 0 radical (unpaired) electrons. The minimum Gasteiger partial charge on any atom is -0.267 e. The Morgan fingerprint density at radius 3 is 2.33 bits per heavy atom. The maximum atomic E-state index is 11.3. The first-order valence-electron chi connectivity index (χ1n) is 5.16. The van der Waals surface area contributed by atoms with Gasteiger partial charge in [-0.3, -0.25) is 4.68 Å². The van der Waals surface area contributed by atoms with Crippen LogP contribution in [0.5, 0.6) is 0 Å². The van der Waals surface area contributed by atoms with Crippen molar-refractivity contribution in [2.24, 2.45) is 7.05 Å². The number of nitriles is 1. The molecule has 0 aliphatic carbocycles. The second-order valence-corrected chi connectivity index (χ2v) is 5.96. The van der Waals surface area contributed by atoms with Gasteiger partial charge in [0.25, 0.3) is 0 Å². The van der Waals surface area contributed by atoms with E-state index in [0.717, 1.165) is 11.3 Å². The van der Waals surface area contributed by atoms with Gasteiger partial charge in [-0.05, 0) is 17.7 Å². The van der Waals surface area contributed by atoms with E-state index in [2.05, 4.69) is 5.10 Å². The highest BCUT2D eigenvalue weighted by molar-refractivity contribution is 7.90. The van der Waals surface area contributed by atoms with Gasteiger partial charge in [0.2, 0.25) is 0 Å². The molecule has 92 valence electrons. The fraction of sp³-hybridized carbons (Fsp3) is 0.167. The third-order valence-corrected chi connectivity index (χ3v) is 3.70. The molecule has 0 bridgehead atoms. The van der Waals surface area contributed by atoms with Gasteiger partial charge in [0.1, 0.15) is 6.07 Å². The quantitative estimate of drug-likeness (QED) is 0.818. The van der Waals surface area contributed by atoms with Gasteiger partial charge in [-0.1, -0.05) is 12.1 Å². The van der Waals surface area contributed by atoms with Crippen molar-refractivity contribution in [3.05, 3.63) is 36.0 Å². The Morgan fingerprint density at radius 1 is 1.28 bits per heavy atom. The van der Waals surface area contributed by atoms with Crippen LogP contribution in [0.4, 0.5) is 0 Å². The molecule has 0 aliphatic rings. The molecule has 0 aliphatic heterocycles. The SMILES string of the molecule is Cn1nc(C#N)cc1-c1ccc(S(C)(=O)=O)cc1. The van der Waals surface area contributed by atoms with Crippen LogP contribution in [0.1, 0.15) is 5.69 Å². The molecule has 2 rings (SSSR count). The molecular formula is C12H11N3O2S. The Balaban J connectivity index is 2.47. The van der Waals surface area contributed by atoms with E-state index in [4.69, 9.17) is 5.26 Å². The summed E-state index contributed by atoms with van der Waals surface area (Å²) < 4.78 is 24.3. The molecule has 0 atom stereocenters. The standard InChI is InChI=1S/C12H11N3O2S/c1-15-12(7-10(8-13)14-15)9-3-5-11(6-4-9)18(2,16)17/h3-7H,1-2H3. The van der Waals surface area contributed by atoms with Gasteiger partial charge in [0.05, 0.1) is 10.6 Å². The van der Waals surface area contributed by atoms with Crippen LogP contribution >= 0.6 is 0 Å². The summed E-state index contributed by atoms with van der Waals surface area (Å²) in [4.78, 5) is 0.272. The Kier molecular flexibility index (Phi) is 2.93. The van der Waals surface area contributed by atoms with E-state index in [-0.39, 0.29) is 4.90 Å². The average molecular weight is 261 g/mol. The fourth-order valence-electron chi connectivity index (χ4n) is 1.66. The van der Waals surface area contributed by atoms with E-state index in [1.165, 1.54) is 6.26 Å². The number of benzene rings is 1. The third kappa shape index (κ3) is 2.26.